The Labute approximate surface area is 83.3 Å². The van der Waals surface area contributed by atoms with E-state index in [4.69, 9.17) is 4.74 Å². The van der Waals surface area contributed by atoms with Crippen molar-refractivity contribution in [3.05, 3.63) is 29.6 Å². The monoisotopic (exact) mass is 195 g/mol. The molecule has 1 aromatic carbocycles. The zero-order valence-corrected chi connectivity index (χ0v) is 8.29. The molecule has 1 aromatic rings. The smallest absolute Gasteiger partial charge is 0.123 e. The minimum Gasteiger partial charge on any atom is -0.496 e. The zero-order valence-electron chi connectivity index (χ0n) is 8.29. The van der Waals surface area contributed by atoms with Gasteiger partial charge in [0.15, 0.2) is 0 Å². The van der Waals surface area contributed by atoms with Crippen LogP contribution in [0.15, 0.2) is 18.2 Å². The van der Waals surface area contributed by atoms with Gasteiger partial charge in [-0.2, -0.15) is 0 Å². The van der Waals surface area contributed by atoms with Gasteiger partial charge in [-0.25, -0.2) is 4.39 Å². The van der Waals surface area contributed by atoms with E-state index in [9.17, 15) is 4.39 Å². The number of rotatable bonds is 3. The van der Waals surface area contributed by atoms with E-state index in [0.717, 1.165) is 30.9 Å². The van der Waals surface area contributed by atoms with Gasteiger partial charge in [0.25, 0.3) is 0 Å². The van der Waals surface area contributed by atoms with Crippen LogP contribution < -0.4 is 4.74 Å². The van der Waals surface area contributed by atoms with Crippen molar-refractivity contribution in [2.75, 3.05) is 20.2 Å². The van der Waals surface area contributed by atoms with E-state index in [1.54, 1.807) is 19.2 Å². The molecule has 1 aliphatic heterocycles. The number of halogens is 1. The Morgan fingerprint density at radius 2 is 2.21 bits per heavy atom. The molecule has 2 nitrogen and oxygen atoms in total. The summed E-state index contributed by atoms with van der Waals surface area (Å²) in [6, 6.07) is 4.67. The average Bonchev–Trinajstić information content (AvgIpc) is 2.12. The van der Waals surface area contributed by atoms with Crippen LogP contribution in [0.2, 0.25) is 0 Å². The molecule has 14 heavy (non-hydrogen) atoms. The average molecular weight is 195 g/mol. The number of nitrogens with zero attached hydrogens (tertiary/aromatic N) is 1. The number of likely N-dealkylation sites (tertiary alicyclic amines) is 1. The lowest BCUT2D eigenvalue weighted by Crippen LogP contribution is -2.36. The summed E-state index contributed by atoms with van der Waals surface area (Å²) >= 11 is 0. The Kier molecular flexibility index (Phi) is 2.68. The van der Waals surface area contributed by atoms with Crippen LogP contribution in [-0.4, -0.2) is 25.1 Å². The molecule has 2 rings (SSSR count). The summed E-state index contributed by atoms with van der Waals surface area (Å²) in [7, 11) is 1.62. The second-order valence-electron chi connectivity index (χ2n) is 3.59. The number of hydrogen-bond acceptors (Lipinski definition) is 2. The van der Waals surface area contributed by atoms with Gasteiger partial charge in [0, 0.05) is 12.1 Å². The van der Waals surface area contributed by atoms with Gasteiger partial charge in [0.05, 0.1) is 7.11 Å². The van der Waals surface area contributed by atoms with E-state index < -0.39 is 0 Å². The second-order valence-corrected chi connectivity index (χ2v) is 3.59. The predicted molar refractivity (Wildman–Crippen MR) is 52.8 cm³/mol. The van der Waals surface area contributed by atoms with Crippen LogP contribution in [0.4, 0.5) is 4.39 Å². The Bertz CT molecular complexity index is 323. The van der Waals surface area contributed by atoms with Crippen LogP contribution in [0.3, 0.4) is 0 Å². The summed E-state index contributed by atoms with van der Waals surface area (Å²) in [6.07, 6.45) is 1.25. The maximum Gasteiger partial charge on any atom is 0.123 e. The minimum absolute atomic E-state index is 0.193. The Morgan fingerprint density at radius 1 is 1.43 bits per heavy atom. The van der Waals surface area contributed by atoms with Crippen LogP contribution in [0, 0.1) is 5.82 Å². The number of benzene rings is 1. The van der Waals surface area contributed by atoms with Gasteiger partial charge >= 0.3 is 0 Å². The lowest BCUT2D eigenvalue weighted by molar-refractivity contribution is 0.170. The maximum absolute atomic E-state index is 13.0. The summed E-state index contributed by atoms with van der Waals surface area (Å²) in [5, 5.41) is 0. The molecule has 0 spiro atoms. The molecule has 0 saturated carbocycles. The third-order valence-corrected chi connectivity index (χ3v) is 2.59. The summed E-state index contributed by atoms with van der Waals surface area (Å²) in [6.45, 7) is 3.01. The summed E-state index contributed by atoms with van der Waals surface area (Å²) in [5.41, 5.74) is 0.937. The standard InChI is InChI=1S/C11H14FNO/c1-14-11-4-3-10(12)7-9(11)8-13-5-2-6-13/h3-4,7H,2,5-6,8H2,1H3. The fraction of sp³-hybridized carbons (Fsp3) is 0.455. The first kappa shape index (κ1) is 9.46. The Hall–Kier alpha value is -1.09. The SMILES string of the molecule is COc1ccc(F)cc1CN1CCC1. The van der Waals surface area contributed by atoms with E-state index in [1.165, 1.54) is 12.5 Å². The molecule has 0 amide bonds. The van der Waals surface area contributed by atoms with Crippen molar-refractivity contribution in [3.63, 3.8) is 0 Å². The third kappa shape index (κ3) is 1.87. The van der Waals surface area contributed by atoms with Gasteiger partial charge in [0.2, 0.25) is 0 Å². The highest BCUT2D eigenvalue weighted by Crippen LogP contribution is 2.22. The van der Waals surface area contributed by atoms with E-state index in [-0.39, 0.29) is 5.82 Å². The van der Waals surface area contributed by atoms with Gasteiger partial charge in [-0.1, -0.05) is 0 Å². The number of ether oxygens (including phenoxy) is 1. The topological polar surface area (TPSA) is 12.5 Å². The van der Waals surface area contributed by atoms with Gasteiger partial charge in [-0.05, 0) is 37.7 Å². The molecule has 0 unspecified atom stereocenters. The normalized spacial score (nSPS) is 16.4. The van der Waals surface area contributed by atoms with Crippen molar-refractivity contribution < 1.29 is 9.13 Å². The minimum atomic E-state index is -0.193. The first-order chi connectivity index (χ1) is 6.79. The molecule has 0 atom stereocenters. The zero-order chi connectivity index (χ0) is 9.97. The molecule has 76 valence electrons. The van der Waals surface area contributed by atoms with Gasteiger partial charge in [-0.3, -0.25) is 4.90 Å². The molecule has 0 radical (unpaired) electrons. The summed E-state index contributed by atoms with van der Waals surface area (Å²) in [5.74, 6) is 0.583. The fourth-order valence-corrected chi connectivity index (χ4v) is 1.65. The van der Waals surface area contributed by atoms with Gasteiger partial charge < -0.3 is 4.74 Å². The molecular formula is C11H14FNO. The largest absolute Gasteiger partial charge is 0.496 e. The Morgan fingerprint density at radius 3 is 2.79 bits per heavy atom. The highest BCUT2D eigenvalue weighted by Gasteiger charge is 2.16. The van der Waals surface area contributed by atoms with Crippen molar-refractivity contribution in [2.24, 2.45) is 0 Å². The highest BCUT2D eigenvalue weighted by molar-refractivity contribution is 5.33. The lowest BCUT2D eigenvalue weighted by Gasteiger charge is -2.31. The van der Waals surface area contributed by atoms with Gasteiger partial charge in [0.1, 0.15) is 11.6 Å². The molecule has 1 fully saturated rings. The summed E-state index contributed by atoms with van der Waals surface area (Å²) in [4.78, 5) is 2.28. The van der Waals surface area contributed by atoms with Crippen molar-refractivity contribution in [3.8, 4) is 5.75 Å². The van der Waals surface area contributed by atoms with E-state index in [1.807, 2.05) is 0 Å². The van der Waals surface area contributed by atoms with E-state index in [0.29, 0.717) is 0 Å². The van der Waals surface area contributed by atoms with Crippen LogP contribution in [0.5, 0.6) is 5.75 Å². The van der Waals surface area contributed by atoms with Crippen molar-refractivity contribution in [1.82, 2.24) is 4.90 Å². The second kappa shape index (κ2) is 3.96. The molecule has 1 saturated heterocycles. The maximum atomic E-state index is 13.0. The first-order valence-electron chi connectivity index (χ1n) is 4.84. The van der Waals surface area contributed by atoms with Crippen LogP contribution in [-0.2, 0) is 6.54 Å². The molecule has 0 N–H and O–H groups in total. The third-order valence-electron chi connectivity index (χ3n) is 2.59. The molecule has 0 aliphatic carbocycles. The van der Waals surface area contributed by atoms with E-state index in [2.05, 4.69) is 4.90 Å². The molecule has 0 aromatic heterocycles. The lowest BCUT2D eigenvalue weighted by atomic mass is 10.1. The Balaban J connectivity index is 2.15. The van der Waals surface area contributed by atoms with Crippen molar-refractivity contribution in [2.45, 2.75) is 13.0 Å². The number of hydrogen-bond donors (Lipinski definition) is 0. The van der Waals surface area contributed by atoms with Gasteiger partial charge in [-0.15, -0.1) is 0 Å². The predicted octanol–water partition coefficient (Wildman–Crippen LogP) is 2.04. The highest BCUT2D eigenvalue weighted by atomic mass is 19.1. The van der Waals surface area contributed by atoms with E-state index >= 15 is 0 Å². The molecule has 1 heterocycles. The quantitative estimate of drug-likeness (QED) is 0.731. The van der Waals surface area contributed by atoms with Crippen LogP contribution >= 0.6 is 0 Å². The number of methoxy groups -OCH3 is 1. The molecule has 0 bridgehead atoms. The first-order valence-corrected chi connectivity index (χ1v) is 4.84. The van der Waals surface area contributed by atoms with Crippen molar-refractivity contribution in [1.29, 1.82) is 0 Å². The molecule has 1 aliphatic rings. The van der Waals surface area contributed by atoms with Crippen LogP contribution in [0.25, 0.3) is 0 Å². The van der Waals surface area contributed by atoms with Crippen molar-refractivity contribution >= 4 is 0 Å². The fourth-order valence-electron chi connectivity index (χ4n) is 1.65. The molecule has 3 heteroatoms. The van der Waals surface area contributed by atoms with Crippen LogP contribution in [0.1, 0.15) is 12.0 Å². The summed E-state index contributed by atoms with van der Waals surface area (Å²) < 4.78 is 18.2. The molecular weight excluding hydrogens is 181 g/mol.